The van der Waals surface area contributed by atoms with Crippen LogP contribution in [0.15, 0.2) is 18.2 Å². The summed E-state index contributed by atoms with van der Waals surface area (Å²) in [4.78, 5) is 4.02. The van der Waals surface area contributed by atoms with Crippen LogP contribution >= 0.6 is 23.8 Å². The van der Waals surface area contributed by atoms with Crippen molar-refractivity contribution in [2.75, 3.05) is 62.7 Å². The number of nitrogens with zero attached hydrogens (tertiary/aromatic N) is 1. The van der Waals surface area contributed by atoms with Gasteiger partial charge in [-0.15, -0.1) is 0 Å². The Hall–Kier alpha value is -1.08. The predicted molar refractivity (Wildman–Crippen MR) is 108 cm³/mol. The van der Waals surface area contributed by atoms with Crippen molar-refractivity contribution in [2.24, 2.45) is 0 Å². The van der Waals surface area contributed by atoms with Crippen LogP contribution in [0.5, 0.6) is 0 Å². The normalized spacial score (nSPS) is 18.4. The molecular weight excluding hydrogens is 356 g/mol. The minimum Gasteiger partial charge on any atom is -0.370 e. The molecule has 25 heavy (non-hydrogen) atoms. The summed E-state index contributed by atoms with van der Waals surface area (Å²) in [6.07, 6.45) is 3.59. The lowest BCUT2D eigenvalue weighted by atomic mass is 10.2. The van der Waals surface area contributed by atoms with Crippen molar-refractivity contribution in [1.29, 1.82) is 0 Å². The molecule has 2 fully saturated rings. The van der Waals surface area contributed by atoms with Crippen LogP contribution in [-0.4, -0.2) is 57.6 Å². The van der Waals surface area contributed by atoms with E-state index < -0.39 is 0 Å². The van der Waals surface area contributed by atoms with Gasteiger partial charge in [0.1, 0.15) is 13.1 Å². The first-order valence-corrected chi connectivity index (χ1v) is 10.0. The molecule has 0 aromatic heterocycles. The van der Waals surface area contributed by atoms with Gasteiger partial charge in [-0.2, -0.15) is 0 Å². The van der Waals surface area contributed by atoms with Gasteiger partial charge in [-0.25, -0.2) is 0 Å². The molecular formula is C18H28ClN4OS+. The van der Waals surface area contributed by atoms with Crippen molar-refractivity contribution in [3.63, 3.8) is 0 Å². The number of hydrogen-bond acceptors (Lipinski definition) is 3. The highest BCUT2D eigenvalue weighted by Gasteiger charge is 2.17. The van der Waals surface area contributed by atoms with Gasteiger partial charge in [-0.05, 0) is 43.3 Å². The van der Waals surface area contributed by atoms with Gasteiger partial charge < -0.3 is 25.2 Å². The fourth-order valence-corrected chi connectivity index (χ4v) is 3.84. The molecule has 0 atom stereocenters. The smallest absolute Gasteiger partial charge is 0.170 e. The number of rotatable bonds is 6. The zero-order chi connectivity index (χ0) is 17.5. The Morgan fingerprint density at radius 2 is 2.00 bits per heavy atom. The lowest BCUT2D eigenvalue weighted by Gasteiger charge is -2.24. The van der Waals surface area contributed by atoms with Crippen LogP contribution in [0.3, 0.4) is 0 Å². The van der Waals surface area contributed by atoms with Gasteiger partial charge in [0, 0.05) is 31.1 Å². The topological polar surface area (TPSA) is 41.0 Å². The molecule has 0 amide bonds. The molecule has 2 aliphatic heterocycles. The fraction of sp³-hybridized carbons (Fsp3) is 0.611. The number of anilines is 2. The van der Waals surface area contributed by atoms with Gasteiger partial charge in [0.05, 0.1) is 31.1 Å². The molecule has 0 spiro atoms. The molecule has 0 saturated carbocycles. The Kier molecular flexibility index (Phi) is 7.16. The van der Waals surface area contributed by atoms with Gasteiger partial charge >= 0.3 is 0 Å². The second-order valence-electron chi connectivity index (χ2n) is 6.70. The first-order valence-electron chi connectivity index (χ1n) is 9.23. The Morgan fingerprint density at radius 1 is 1.24 bits per heavy atom. The molecule has 5 nitrogen and oxygen atoms in total. The maximum atomic E-state index is 6.18. The van der Waals surface area contributed by atoms with Gasteiger partial charge in [0.15, 0.2) is 5.11 Å². The highest BCUT2D eigenvalue weighted by atomic mass is 35.5. The monoisotopic (exact) mass is 383 g/mol. The summed E-state index contributed by atoms with van der Waals surface area (Å²) in [5, 5.41) is 8.05. The molecule has 2 heterocycles. The number of benzene rings is 1. The van der Waals surface area contributed by atoms with Crippen molar-refractivity contribution in [1.82, 2.24) is 5.32 Å². The zero-order valence-electron chi connectivity index (χ0n) is 14.7. The van der Waals surface area contributed by atoms with E-state index in [2.05, 4.69) is 21.6 Å². The number of nitrogens with one attached hydrogen (secondary N) is 3. The molecule has 2 aliphatic rings. The summed E-state index contributed by atoms with van der Waals surface area (Å²) >= 11 is 11.7. The van der Waals surface area contributed by atoms with Crippen molar-refractivity contribution < 1.29 is 9.64 Å². The van der Waals surface area contributed by atoms with E-state index in [0.29, 0.717) is 5.11 Å². The fourth-order valence-electron chi connectivity index (χ4n) is 3.46. The Bertz CT molecular complexity index is 574. The number of thiocarbonyl (C=S) groups is 1. The van der Waals surface area contributed by atoms with Crippen LogP contribution in [0.4, 0.5) is 11.4 Å². The lowest BCUT2D eigenvalue weighted by Crippen LogP contribution is -3.14. The highest BCUT2D eigenvalue weighted by molar-refractivity contribution is 7.80. The van der Waals surface area contributed by atoms with Crippen molar-refractivity contribution in [3.05, 3.63) is 23.2 Å². The molecule has 3 N–H and O–H groups in total. The van der Waals surface area contributed by atoms with Crippen LogP contribution in [0.2, 0.25) is 5.02 Å². The Morgan fingerprint density at radius 3 is 2.76 bits per heavy atom. The number of hydrogen-bond donors (Lipinski definition) is 3. The molecule has 1 aromatic rings. The van der Waals surface area contributed by atoms with E-state index >= 15 is 0 Å². The molecule has 138 valence electrons. The molecule has 7 heteroatoms. The van der Waals surface area contributed by atoms with E-state index in [0.717, 1.165) is 69.6 Å². The predicted octanol–water partition coefficient (Wildman–Crippen LogP) is 1.53. The molecule has 2 saturated heterocycles. The maximum Gasteiger partial charge on any atom is 0.170 e. The lowest BCUT2D eigenvalue weighted by molar-refractivity contribution is -0.908. The third-order valence-electron chi connectivity index (χ3n) is 4.85. The molecule has 3 rings (SSSR count). The van der Waals surface area contributed by atoms with Gasteiger partial charge in [0.25, 0.3) is 0 Å². The number of morpholine rings is 1. The van der Waals surface area contributed by atoms with Gasteiger partial charge in [-0.3, -0.25) is 0 Å². The van der Waals surface area contributed by atoms with E-state index in [1.165, 1.54) is 18.5 Å². The summed E-state index contributed by atoms with van der Waals surface area (Å²) in [6, 6.07) is 5.99. The third kappa shape index (κ3) is 5.71. The van der Waals surface area contributed by atoms with Crippen LogP contribution in [0.1, 0.15) is 19.3 Å². The number of quaternary nitrogens is 1. The molecule has 1 aromatic carbocycles. The van der Waals surface area contributed by atoms with Crippen LogP contribution < -0.4 is 20.4 Å². The number of halogens is 1. The van der Waals surface area contributed by atoms with E-state index in [-0.39, 0.29) is 0 Å². The third-order valence-corrected chi connectivity index (χ3v) is 5.33. The highest BCUT2D eigenvalue weighted by Crippen LogP contribution is 2.31. The minimum absolute atomic E-state index is 0.666. The van der Waals surface area contributed by atoms with Crippen LogP contribution in [0, 0.1) is 0 Å². The van der Waals surface area contributed by atoms with E-state index in [9.17, 15) is 0 Å². The first kappa shape index (κ1) is 18.7. The average molecular weight is 384 g/mol. The Labute approximate surface area is 160 Å². The maximum absolute atomic E-state index is 6.18. The summed E-state index contributed by atoms with van der Waals surface area (Å²) < 4.78 is 5.39. The van der Waals surface area contributed by atoms with Gasteiger partial charge in [0.2, 0.25) is 0 Å². The van der Waals surface area contributed by atoms with Crippen LogP contribution in [-0.2, 0) is 4.74 Å². The molecule has 0 aliphatic carbocycles. The quantitative estimate of drug-likeness (QED) is 0.513. The molecule has 0 unspecified atom stereocenters. The summed E-state index contributed by atoms with van der Waals surface area (Å²) in [5.41, 5.74) is 2.18. The first-order chi connectivity index (χ1) is 12.2. The summed E-state index contributed by atoms with van der Waals surface area (Å²) in [5.74, 6) is 0. The second-order valence-corrected chi connectivity index (χ2v) is 7.55. The van der Waals surface area contributed by atoms with Crippen molar-refractivity contribution in [3.8, 4) is 0 Å². The zero-order valence-corrected chi connectivity index (χ0v) is 16.2. The molecule has 0 radical (unpaired) electrons. The standard InChI is InChI=1S/C18H27ClN4OS/c19-15-4-5-17(23-8-1-2-9-23)16(14-15)21-18(25)20-6-3-7-22-10-12-24-13-11-22/h4-5,14H,1-3,6-13H2,(H2,20,21,25)/p+1. The Balaban J connectivity index is 1.46. The van der Waals surface area contributed by atoms with Crippen molar-refractivity contribution >= 4 is 40.3 Å². The van der Waals surface area contributed by atoms with Gasteiger partial charge in [-0.1, -0.05) is 11.6 Å². The van der Waals surface area contributed by atoms with E-state index in [1.807, 2.05) is 12.1 Å². The summed E-state index contributed by atoms with van der Waals surface area (Å²) in [6.45, 7) is 8.24. The molecule has 0 bridgehead atoms. The summed E-state index contributed by atoms with van der Waals surface area (Å²) in [7, 11) is 0. The largest absolute Gasteiger partial charge is 0.370 e. The number of ether oxygens (including phenoxy) is 1. The minimum atomic E-state index is 0.666. The van der Waals surface area contributed by atoms with Crippen LogP contribution in [0.25, 0.3) is 0 Å². The van der Waals surface area contributed by atoms with E-state index in [1.54, 1.807) is 4.90 Å². The SMILES string of the molecule is S=C(NCCC[NH+]1CCOCC1)Nc1cc(Cl)ccc1N1CCCC1. The second kappa shape index (κ2) is 9.57. The van der Waals surface area contributed by atoms with Crippen molar-refractivity contribution in [2.45, 2.75) is 19.3 Å². The van der Waals surface area contributed by atoms with E-state index in [4.69, 9.17) is 28.6 Å². The average Bonchev–Trinajstić information content (AvgIpc) is 3.14.